The molecule has 0 spiro atoms. The number of carbonyl (C=O) groups excluding carboxylic acids is 4. The highest BCUT2D eigenvalue weighted by molar-refractivity contribution is 9.12. The summed E-state index contributed by atoms with van der Waals surface area (Å²) in [6, 6.07) is 3.34. The minimum Gasteiger partial charge on any atom is -0.503 e. The number of Topliss-reactive ketones (excluding diaryl/α,β-unsaturated/α-hetero) is 1. The number of allylic oxidation sites excluding steroid dienone is 6. The van der Waals surface area contributed by atoms with Gasteiger partial charge >= 0.3 is 0 Å². The molecule has 0 unspecified atom stereocenters. The van der Waals surface area contributed by atoms with Gasteiger partial charge in [-0.2, -0.15) is 0 Å². The van der Waals surface area contributed by atoms with Crippen LogP contribution in [0.5, 0.6) is 11.5 Å². The first-order chi connectivity index (χ1) is 18.2. The van der Waals surface area contributed by atoms with Crippen LogP contribution in [0.2, 0.25) is 0 Å². The Kier molecular flexibility index (Phi) is 6.50. The van der Waals surface area contributed by atoms with Gasteiger partial charge in [0.25, 0.3) is 0 Å². The van der Waals surface area contributed by atoms with Gasteiger partial charge in [-0.25, -0.2) is 0 Å². The van der Waals surface area contributed by atoms with Gasteiger partial charge < -0.3 is 9.84 Å². The molecule has 1 N–H and O–H groups in total. The summed E-state index contributed by atoms with van der Waals surface area (Å²) in [7, 11) is 1.45. The molecule has 0 radical (unpaired) electrons. The minimum atomic E-state index is -0.601. The summed E-state index contributed by atoms with van der Waals surface area (Å²) in [5, 5.41) is 10.4. The number of methoxy groups -OCH3 is 1. The molecule has 1 aromatic carbocycles. The first kappa shape index (κ1) is 25.7. The average Bonchev–Trinajstić information content (AvgIpc) is 3.17. The molecule has 1 saturated carbocycles. The van der Waals surface area contributed by atoms with E-state index in [-0.39, 0.29) is 57.7 Å². The Bertz CT molecular complexity index is 1390. The van der Waals surface area contributed by atoms with Gasteiger partial charge in [0.05, 0.1) is 27.9 Å². The van der Waals surface area contributed by atoms with Crippen molar-refractivity contribution in [1.29, 1.82) is 0 Å². The highest BCUT2D eigenvalue weighted by Gasteiger charge is 2.57. The molecule has 198 valence electrons. The first-order valence-corrected chi connectivity index (χ1v) is 14.6. The van der Waals surface area contributed by atoms with Crippen molar-refractivity contribution in [3.05, 3.63) is 55.5 Å². The van der Waals surface area contributed by atoms with E-state index in [1.54, 1.807) is 12.1 Å². The molecule has 6 rings (SSSR count). The van der Waals surface area contributed by atoms with Crippen LogP contribution in [-0.2, 0) is 19.2 Å². The lowest BCUT2D eigenvalue weighted by Gasteiger charge is -2.42. The first-order valence-electron chi connectivity index (χ1n) is 13.1. The fourth-order valence-corrected chi connectivity index (χ4v) is 8.13. The number of benzene rings is 1. The van der Waals surface area contributed by atoms with Crippen molar-refractivity contribution in [2.24, 2.45) is 17.8 Å². The van der Waals surface area contributed by atoms with E-state index in [9.17, 15) is 24.3 Å². The van der Waals surface area contributed by atoms with E-state index >= 15 is 0 Å². The zero-order chi connectivity index (χ0) is 26.9. The van der Waals surface area contributed by atoms with Crippen molar-refractivity contribution in [2.75, 3.05) is 7.11 Å². The number of fused-ring (bicyclic) bond motifs is 3. The average molecular weight is 645 g/mol. The lowest BCUT2D eigenvalue weighted by atomic mass is 9.59. The molecule has 0 bridgehead atoms. The summed E-state index contributed by atoms with van der Waals surface area (Å²) in [5.74, 6) is -2.59. The Balaban J connectivity index is 1.49. The highest BCUT2D eigenvalue weighted by atomic mass is 79.9. The monoisotopic (exact) mass is 643 g/mol. The van der Waals surface area contributed by atoms with Gasteiger partial charge in [-0.1, -0.05) is 30.9 Å². The Hall–Kier alpha value is -2.52. The summed E-state index contributed by atoms with van der Waals surface area (Å²) in [6.07, 6.45) is 8.79. The molecule has 7 nitrogen and oxygen atoms in total. The lowest BCUT2D eigenvalue weighted by Crippen LogP contribution is -2.43. The van der Waals surface area contributed by atoms with E-state index in [1.807, 2.05) is 6.08 Å². The topological polar surface area (TPSA) is 101 Å². The van der Waals surface area contributed by atoms with Crippen LogP contribution >= 0.6 is 31.9 Å². The number of ether oxygens (including phenoxy) is 1. The van der Waals surface area contributed by atoms with E-state index < -0.39 is 17.8 Å². The third-order valence-electron chi connectivity index (χ3n) is 8.91. The number of phenolic OH excluding ortho intramolecular Hbond substituents is 1. The number of aromatic hydroxyl groups is 1. The van der Waals surface area contributed by atoms with Gasteiger partial charge in [-0.05, 0) is 81.2 Å². The van der Waals surface area contributed by atoms with Crippen molar-refractivity contribution in [3.63, 3.8) is 0 Å². The number of phenols is 1. The van der Waals surface area contributed by atoms with Gasteiger partial charge in [-0.15, -0.1) is 0 Å². The zero-order valence-electron chi connectivity index (χ0n) is 20.8. The van der Waals surface area contributed by atoms with Crippen LogP contribution in [0.15, 0.2) is 50.0 Å². The molecule has 0 aromatic heterocycles. The predicted molar refractivity (Wildman–Crippen MR) is 146 cm³/mol. The van der Waals surface area contributed by atoms with E-state index in [2.05, 4.69) is 31.9 Å². The zero-order valence-corrected chi connectivity index (χ0v) is 24.0. The maximum absolute atomic E-state index is 13.9. The molecule has 9 heteroatoms. The second kappa shape index (κ2) is 9.59. The number of likely N-dealkylation sites (tertiary alicyclic amines) is 1. The maximum atomic E-state index is 13.9. The Morgan fingerprint density at radius 3 is 2.45 bits per heavy atom. The smallest absolute Gasteiger partial charge is 0.233 e. The van der Waals surface area contributed by atoms with E-state index in [4.69, 9.17) is 4.74 Å². The molecule has 1 aromatic rings. The van der Waals surface area contributed by atoms with Crippen LogP contribution < -0.4 is 4.74 Å². The number of ketones is 2. The minimum absolute atomic E-state index is 0.0563. The Morgan fingerprint density at radius 2 is 1.74 bits per heavy atom. The third-order valence-corrected chi connectivity index (χ3v) is 10.1. The molecular formula is C29H27Br2NO6. The molecule has 2 fully saturated rings. The van der Waals surface area contributed by atoms with Gasteiger partial charge in [0.15, 0.2) is 23.1 Å². The number of carbonyl (C=O) groups is 4. The number of halogens is 2. The van der Waals surface area contributed by atoms with Gasteiger partial charge in [-0.3, -0.25) is 24.1 Å². The second-order valence-electron chi connectivity index (χ2n) is 10.8. The fourth-order valence-electron chi connectivity index (χ4n) is 7.23. The quantitative estimate of drug-likeness (QED) is 0.274. The van der Waals surface area contributed by atoms with Crippen molar-refractivity contribution < 1.29 is 29.0 Å². The summed E-state index contributed by atoms with van der Waals surface area (Å²) in [4.78, 5) is 55.8. The summed E-state index contributed by atoms with van der Waals surface area (Å²) in [6.45, 7) is 0. The van der Waals surface area contributed by atoms with E-state index in [0.29, 0.717) is 27.6 Å². The van der Waals surface area contributed by atoms with Crippen LogP contribution in [0.25, 0.3) is 0 Å². The predicted octanol–water partition coefficient (Wildman–Crippen LogP) is 5.26. The summed E-state index contributed by atoms with van der Waals surface area (Å²) in [5.41, 5.74) is 2.32. The van der Waals surface area contributed by atoms with Crippen molar-refractivity contribution >= 4 is 55.2 Å². The number of hydrogen-bond acceptors (Lipinski definition) is 6. The normalized spacial score (nSPS) is 29.6. The SMILES string of the molecule is COc1cc([C@H]2C3=CC[C@@H]4C(=O)N(C5CCCCC5)C(=O)[C@@H]4[C@@H]3CC3=C2C(=O)C=C(Br)C3=O)cc(Br)c1O. The Morgan fingerprint density at radius 1 is 1.00 bits per heavy atom. The Labute approximate surface area is 237 Å². The fraction of sp³-hybridized carbons (Fsp3) is 0.448. The number of nitrogens with zero attached hydrogens (tertiary/aromatic N) is 1. The lowest BCUT2D eigenvalue weighted by molar-refractivity contribution is -0.143. The van der Waals surface area contributed by atoms with E-state index in [1.165, 1.54) is 18.1 Å². The third kappa shape index (κ3) is 3.79. The summed E-state index contributed by atoms with van der Waals surface area (Å²) >= 11 is 6.64. The number of rotatable bonds is 3. The van der Waals surface area contributed by atoms with Gasteiger partial charge in [0, 0.05) is 29.2 Å². The molecule has 4 aliphatic carbocycles. The molecule has 1 saturated heterocycles. The number of amides is 2. The molecule has 5 aliphatic rings. The highest BCUT2D eigenvalue weighted by Crippen LogP contribution is 2.56. The van der Waals surface area contributed by atoms with Crippen LogP contribution in [0.3, 0.4) is 0 Å². The van der Waals surface area contributed by atoms with Crippen LogP contribution in [0, 0.1) is 17.8 Å². The van der Waals surface area contributed by atoms with Gasteiger partial charge in [0.1, 0.15) is 0 Å². The number of imide groups is 1. The van der Waals surface area contributed by atoms with Gasteiger partial charge in [0.2, 0.25) is 11.8 Å². The van der Waals surface area contributed by atoms with E-state index in [0.717, 1.165) is 37.7 Å². The molecular weight excluding hydrogens is 618 g/mol. The van der Waals surface area contributed by atoms with Crippen LogP contribution in [0.1, 0.15) is 56.4 Å². The standard InChI is InChI=1S/C29H27Br2NO6/c1-38-22-10-13(9-19(30)27(22)35)23-15-7-8-16-24(29(37)32(28(16)36)14-5-3-2-4-6-14)17(15)11-18-25(23)21(33)12-20(31)26(18)34/h7,9-10,12,14,16-17,23-24,35H,2-6,8,11H2,1H3/t16-,17+,23-,24-/m0/s1. The van der Waals surface area contributed by atoms with Crippen LogP contribution in [-0.4, -0.2) is 46.5 Å². The van der Waals surface area contributed by atoms with Crippen molar-refractivity contribution in [1.82, 2.24) is 4.90 Å². The maximum Gasteiger partial charge on any atom is 0.233 e. The molecule has 2 amide bonds. The molecule has 1 aliphatic heterocycles. The van der Waals surface area contributed by atoms with Crippen molar-refractivity contribution in [3.8, 4) is 11.5 Å². The largest absolute Gasteiger partial charge is 0.503 e. The van der Waals surface area contributed by atoms with Crippen LogP contribution in [0.4, 0.5) is 0 Å². The van der Waals surface area contributed by atoms with Crippen molar-refractivity contribution in [2.45, 2.75) is 56.9 Å². The molecule has 1 heterocycles. The molecule has 38 heavy (non-hydrogen) atoms. The molecule has 4 atom stereocenters. The summed E-state index contributed by atoms with van der Waals surface area (Å²) < 4.78 is 5.98. The number of hydrogen-bond donors (Lipinski definition) is 1. The second-order valence-corrected chi connectivity index (χ2v) is 12.5.